The number of aromatic nitrogens is 4. The van der Waals surface area contributed by atoms with Crippen LogP contribution < -0.4 is 14.4 Å². The van der Waals surface area contributed by atoms with Crippen molar-refractivity contribution in [2.24, 2.45) is 0 Å². The van der Waals surface area contributed by atoms with Gasteiger partial charge in [0.25, 0.3) is 0 Å². The number of hydrogen-bond acceptors (Lipinski definition) is 7. The summed E-state index contributed by atoms with van der Waals surface area (Å²) in [6, 6.07) is 10.0. The molecule has 0 fully saturated rings. The number of nitrogens with zero attached hydrogens (tertiary/aromatic N) is 5. The largest absolute Gasteiger partial charge is 0.493 e. The summed E-state index contributed by atoms with van der Waals surface area (Å²) in [5, 5.41) is 15.2. The lowest BCUT2D eigenvalue weighted by Gasteiger charge is -2.16. The predicted octanol–water partition coefficient (Wildman–Crippen LogP) is 3.73. The van der Waals surface area contributed by atoms with Crippen LogP contribution in [0.5, 0.6) is 11.5 Å². The first-order chi connectivity index (χ1) is 15.3. The first-order valence-corrected chi connectivity index (χ1v) is 10.2. The fourth-order valence-electron chi connectivity index (χ4n) is 3.90. The molecule has 1 aliphatic heterocycles. The van der Waals surface area contributed by atoms with E-state index in [0.717, 1.165) is 40.6 Å². The molecule has 0 aliphatic carbocycles. The number of methoxy groups -OCH3 is 2. The van der Waals surface area contributed by atoms with Crippen molar-refractivity contribution in [3.05, 3.63) is 55.0 Å². The van der Waals surface area contributed by atoms with E-state index < -0.39 is 0 Å². The topological polar surface area (TPSA) is 74.5 Å². The number of fused-ring (bicyclic) bond motifs is 2. The summed E-state index contributed by atoms with van der Waals surface area (Å²) in [5.41, 5.74) is 3.68. The molecule has 2 aromatic carbocycles. The highest BCUT2D eigenvalue weighted by molar-refractivity contribution is 5.96. The van der Waals surface area contributed by atoms with Gasteiger partial charge in [-0.2, -0.15) is 15.3 Å². The fourth-order valence-corrected chi connectivity index (χ4v) is 3.90. The SMILES string of the molecule is COCCOc1cc2c(-n3ncc4c(N5C=CCC5)cccc43)cnnc2cc1OC. The van der Waals surface area contributed by atoms with Gasteiger partial charge in [0.15, 0.2) is 11.5 Å². The van der Waals surface area contributed by atoms with Crippen LogP contribution in [0.1, 0.15) is 6.42 Å². The molecule has 0 saturated carbocycles. The number of ether oxygens (including phenoxy) is 3. The number of anilines is 1. The van der Waals surface area contributed by atoms with Crippen LogP contribution >= 0.6 is 0 Å². The average molecular weight is 417 g/mol. The minimum atomic E-state index is 0.420. The van der Waals surface area contributed by atoms with E-state index in [9.17, 15) is 0 Å². The Morgan fingerprint density at radius 1 is 1.00 bits per heavy atom. The summed E-state index contributed by atoms with van der Waals surface area (Å²) >= 11 is 0. The van der Waals surface area contributed by atoms with Gasteiger partial charge in [0.05, 0.1) is 48.5 Å². The van der Waals surface area contributed by atoms with Crippen molar-refractivity contribution in [2.45, 2.75) is 6.42 Å². The summed E-state index contributed by atoms with van der Waals surface area (Å²) in [4.78, 5) is 2.25. The third-order valence-corrected chi connectivity index (χ3v) is 5.40. The van der Waals surface area contributed by atoms with E-state index in [4.69, 9.17) is 19.3 Å². The lowest BCUT2D eigenvalue weighted by molar-refractivity contribution is 0.144. The molecule has 31 heavy (non-hydrogen) atoms. The molecule has 8 heteroatoms. The molecule has 8 nitrogen and oxygen atoms in total. The normalized spacial score (nSPS) is 13.4. The number of benzene rings is 2. The maximum Gasteiger partial charge on any atom is 0.163 e. The highest BCUT2D eigenvalue weighted by atomic mass is 16.5. The molecule has 0 radical (unpaired) electrons. The minimum absolute atomic E-state index is 0.420. The van der Waals surface area contributed by atoms with Crippen LogP contribution in [0.3, 0.4) is 0 Å². The van der Waals surface area contributed by atoms with Crippen molar-refractivity contribution in [3.8, 4) is 17.2 Å². The Hall–Kier alpha value is -3.65. The third kappa shape index (κ3) is 3.44. The Morgan fingerprint density at radius 3 is 2.74 bits per heavy atom. The van der Waals surface area contributed by atoms with Crippen molar-refractivity contribution >= 4 is 27.5 Å². The van der Waals surface area contributed by atoms with Crippen LogP contribution in [0.2, 0.25) is 0 Å². The van der Waals surface area contributed by atoms with Crippen LogP contribution in [0.4, 0.5) is 5.69 Å². The monoisotopic (exact) mass is 417 g/mol. The molecule has 3 heterocycles. The van der Waals surface area contributed by atoms with Crippen molar-refractivity contribution in [3.63, 3.8) is 0 Å². The summed E-state index contributed by atoms with van der Waals surface area (Å²) in [7, 11) is 3.25. The number of hydrogen-bond donors (Lipinski definition) is 0. The molecule has 0 N–H and O–H groups in total. The quantitative estimate of drug-likeness (QED) is 0.424. The van der Waals surface area contributed by atoms with E-state index in [2.05, 4.69) is 45.6 Å². The van der Waals surface area contributed by atoms with Crippen LogP contribution in [-0.2, 0) is 4.74 Å². The summed E-state index contributed by atoms with van der Waals surface area (Å²) in [5.74, 6) is 1.23. The first-order valence-electron chi connectivity index (χ1n) is 10.2. The van der Waals surface area contributed by atoms with Crippen molar-refractivity contribution in [1.29, 1.82) is 0 Å². The second kappa shape index (κ2) is 8.23. The van der Waals surface area contributed by atoms with Crippen molar-refractivity contribution < 1.29 is 14.2 Å². The van der Waals surface area contributed by atoms with Crippen LogP contribution in [0.15, 0.2) is 55.0 Å². The Morgan fingerprint density at radius 2 is 1.94 bits per heavy atom. The Balaban J connectivity index is 1.64. The molecule has 0 saturated heterocycles. The first kappa shape index (κ1) is 19.3. The van der Waals surface area contributed by atoms with Crippen molar-refractivity contribution in [1.82, 2.24) is 20.0 Å². The molecule has 0 atom stereocenters. The summed E-state index contributed by atoms with van der Waals surface area (Å²) < 4.78 is 18.4. The maximum atomic E-state index is 5.88. The molecule has 0 spiro atoms. The Kier molecular flexibility index (Phi) is 5.13. The molecular weight excluding hydrogens is 394 g/mol. The van der Waals surface area contributed by atoms with Gasteiger partial charge < -0.3 is 19.1 Å². The van der Waals surface area contributed by atoms with E-state index in [-0.39, 0.29) is 0 Å². The minimum Gasteiger partial charge on any atom is -0.493 e. The molecule has 0 unspecified atom stereocenters. The molecule has 158 valence electrons. The molecule has 0 bridgehead atoms. The predicted molar refractivity (Wildman–Crippen MR) is 119 cm³/mol. The summed E-state index contributed by atoms with van der Waals surface area (Å²) in [6.45, 7) is 1.88. The zero-order chi connectivity index (χ0) is 21.2. The molecule has 0 amide bonds. The van der Waals surface area contributed by atoms with Gasteiger partial charge in [-0.15, -0.1) is 0 Å². The fraction of sp³-hybridized carbons (Fsp3) is 0.261. The van der Waals surface area contributed by atoms with E-state index in [1.54, 1.807) is 20.4 Å². The zero-order valence-electron chi connectivity index (χ0n) is 17.5. The number of rotatable bonds is 7. The molecule has 2 aromatic heterocycles. The van der Waals surface area contributed by atoms with E-state index in [1.807, 2.05) is 23.0 Å². The van der Waals surface area contributed by atoms with E-state index in [1.165, 1.54) is 0 Å². The van der Waals surface area contributed by atoms with Gasteiger partial charge in [0, 0.05) is 36.7 Å². The van der Waals surface area contributed by atoms with Gasteiger partial charge in [0.1, 0.15) is 6.61 Å². The van der Waals surface area contributed by atoms with Gasteiger partial charge in [0.2, 0.25) is 0 Å². The van der Waals surface area contributed by atoms with E-state index >= 15 is 0 Å². The highest BCUT2D eigenvalue weighted by Crippen LogP contribution is 2.35. The Bertz CT molecular complexity index is 1270. The van der Waals surface area contributed by atoms with Gasteiger partial charge in [-0.25, -0.2) is 4.68 Å². The highest BCUT2D eigenvalue weighted by Gasteiger charge is 2.17. The lowest BCUT2D eigenvalue weighted by Crippen LogP contribution is -2.12. The second-order valence-electron chi connectivity index (χ2n) is 7.22. The van der Waals surface area contributed by atoms with Gasteiger partial charge in [-0.05, 0) is 24.6 Å². The van der Waals surface area contributed by atoms with Gasteiger partial charge >= 0.3 is 0 Å². The third-order valence-electron chi connectivity index (χ3n) is 5.40. The smallest absolute Gasteiger partial charge is 0.163 e. The molecule has 5 rings (SSSR count). The van der Waals surface area contributed by atoms with Crippen LogP contribution in [0, 0.1) is 0 Å². The molecule has 1 aliphatic rings. The van der Waals surface area contributed by atoms with Gasteiger partial charge in [-0.1, -0.05) is 12.1 Å². The second-order valence-corrected chi connectivity index (χ2v) is 7.22. The molecular formula is C23H23N5O3. The summed E-state index contributed by atoms with van der Waals surface area (Å²) in [6.07, 6.45) is 9.00. The van der Waals surface area contributed by atoms with Crippen molar-refractivity contribution in [2.75, 3.05) is 38.9 Å². The zero-order valence-corrected chi connectivity index (χ0v) is 17.5. The Labute approximate surface area is 179 Å². The standard InChI is InChI=1S/C23H23N5O3/c1-29-10-11-31-23-12-16-18(13-22(23)30-2)26-24-15-21(16)28-20-7-5-6-19(17(20)14-25-28)27-8-3-4-9-27/h3,5-8,12-15H,4,9-11H2,1-2H3. The van der Waals surface area contributed by atoms with Gasteiger partial charge in [-0.3, -0.25) is 0 Å². The molecule has 4 aromatic rings. The average Bonchev–Trinajstić information content (AvgIpc) is 3.48. The van der Waals surface area contributed by atoms with E-state index in [0.29, 0.717) is 30.2 Å². The maximum absolute atomic E-state index is 5.88. The van der Waals surface area contributed by atoms with Crippen LogP contribution in [-0.4, -0.2) is 54.0 Å². The van der Waals surface area contributed by atoms with Crippen LogP contribution in [0.25, 0.3) is 27.5 Å². The lowest BCUT2D eigenvalue weighted by atomic mass is 10.1.